The quantitative estimate of drug-likeness (QED) is 0.886. The number of likely N-dealkylation sites (tertiary alicyclic amines) is 1. The van der Waals surface area contributed by atoms with Crippen LogP contribution >= 0.6 is 0 Å². The second kappa shape index (κ2) is 7.30. The molecule has 0 spiro atoms. The van der Waals surface area contributed by atoms with Crippen molar-refractivity contribution in [1.82, 2.24) is 14.9 Å². The van der Waals surface area contributed by atoms with E-state index in [9.17, 15) is 9.90 Å². The number of hydrogen-bond donors (Lipinski definition) is 2. The number of rotatable bonds is 4. The highest BCUT2D eigenvalue weighted by atomic mass is 16.3. The monoisotopic (exact) mass is 349 g/mol. The highest BCUT2D eigenvalue weighted by Gasteiger charge is 2.27. The molecule has 134 valence electrons. The molecule has 0 bridgehead atoms. The van der Waals surface area contributed by atoms with Crippen molar-refractivity contribution in [2.24, 2.45) is 5.92 Å². The van der Waals surface area contributed by atoms with E-state index in [1.807, 2.05) is 36.4 Å². The van der Waals surface area contributed by atoms with E-state index in [2.05, 4.69) is 14.9 Å². The number of aromatic amines is 1. The summed E-state index contributed by atoms with van der Waals surface area (Å²) < 4.78 is 0. The van der Waals surface area contributed by atoms with Crippen LogP contribution in [-0.2, 0) is 11.3 Å². The molecule has 2 N–H and O–H groups in total. The van der Waals surface area contributed by atoms with Gasteiger partial charge in [0.2, 0.25) is 0 Å². The molecule has 26 heavy (non-hydrogen) atoms. The van der Waals surface area contributed by atoms with Gasteiger partial charge >= 0.3 is 0 Å². The molecule has 0 amide bonds. The molecule has 2 heterocycles. The molecule has 1 aliphatic carbocycles. The fourth-order valence-electron chi connectivity index (χ4n) is 3.71. The van der Waals surface area contributed by atoms with Crippen LogP contribution in [0.4, 0.5) is 0 Å². The number of aromatic hydroxyl groups is 1. The van der Waals surface area contributed by atoms with E-state index in [1.165, 1.54) is 0 Å². The summed E-state index contributed by atoms with van der Waals surface area (Å²) >= 11 is 0. The Kier molecular flexibility index (Phi) is 4.71. The number of Topliss-reactive ketones (excluding diaryl/α,β-unsaturated/α-hetero) is 1. The largest absolute Gasteiger partial charge is 0.508 e. The second-order valence-corrected chi connectivity index (χ2v) is 7.01. The zero-order valence-electron chi connectivity index (χ0n) is 14.7. The van der Waals surface area contributed by atoms with Crippen molar-refractivity contribution in [3.05, 3.63) is 60.0 Å². The van der Waals surface area contributed by atoms with Crippen LogP contribution in [0, 0.1) is 5.92 Å². The normalized spacial score (nSPS) is 18.8. The van der Waals surface area contributed by atoms with Gasteiger partial charge in [-0.05, 0) is 50.1 Å². The number of carbonyl (C=O) groups excluding carboxylic acids is 1. The zero-order valence-corrected chi connectivity index (χ0v) is 14.7. The molecule has 1 saturated heterocycles. The van der Waals surface area contributed by atoms with Gasteiger partial charge in [0.05, 0.1) is 17.6 Å². The number of ketones is 1. The molecule has 1 aromatic carbocycles. The first-order valence-electron chi connectivity index (χ1n) is 9.15. The second-order valence-electron chi connectivity index (χ2n) is 7.01. The number of allylic oxidation sites excluding steroid dienone is 6. The third kappa shape index (κ3) is 3.63. The molecular formula is C21H23N3O2. The van der Waals surface area contributed by atoms with E-state index >= 15 is 0 Å². The van der Waals surface area contributed by atoms with Gasteiger partial charge < -0.3 is 10.1 Å². The SMILES string of the molecule is O=C(C1=CC=CC=CC1)C1CCN(Cc2nc3ccc(O)cc3[nH]2)CC1. The first-order chi connectivity index (χ1) is 12.7. The smallest absolute Gasteiger partial charge is 0.162 e. The van der Waals surface area contributed by atoms with E-state index in [0.29, 0.717) is 5.78 Å². The van der Waals surface area contributed by atoms with Crippen molar-refractivity contribution >= 4 is 16.8 Å². The van der Waals surface area contributed by atoms with Crippen LogP contribution < -0.4 is 0 Å². The number of hydrogen-bond acceptors (Lipinski definition) is 4. The zero-order chi connectivity index (χ0) is 17.9. The number of nitrogens with one attached hydrogen (secondary N) is 1. The predicted octanol–water partition coefficient (Wildman–Crippen LogP) is 3.49. The highest BCUT2D eigenvalue weighted by Crippen LogP contribution is 2.25. The molecule has 0 saturated carbocycles. The third-order valence-corrected chi connectivity index (χ3v) is 5.16. The summed E-state index contributed by atoms with van der Waals surface area (Å²) in [4.78, 5) is 22.9. The van der Waals surface area contributed by atoms with Gasteiger partial charge in [0.25, 0.3) is 0 Å². The molecule has 2 aromatic rings. The maximum absolute atomic E-state index is 12.7. The van der Waals surface area contributed by atoms with E-state index in [0.717, 1.165) is 61.3 Å². The van der Waals surface area contributed by atoms with E-state index in [4.69, 9.17) is 0 Å². The Labute approximate surface area is 152 Å². The molecular weight excluding hydrogens is 326 g/mol. The first-order valence-corrected chi connectivity index (χ1v) is 9.15. The maximum Gasteiger partial charge on any atom is 0.162 e. The van der Waals surface area contributed by atoms with Crippen LogP contribution in [0.3, 0.4) is 0 Å². The minimum atomic E-state index is 0.130. The van der Waals surface area contributed by atoms with Crippen LogP contribution in [-0.4, -0.2) is 38.8 Å². The lowest BCUT2D eigenvalue weighted by atomic mass is 9.87. The number of carbonyl (C=O) groups is 1. The molecule has 1 aliphatic heterocycles. The lowest BCUT2D eigenvalue weighted by Gasteiger charge is -2.30. The molecule has 0 atom stereocenters. The minimum absolute atomic E-state index is 0.130. The van der Waals surface area contributed by atoms with Gasteiger partial charge in [0.15, 0.2) is 5.78 Å². The summed E-state index contributed by atoms with van der Waals surface area (Å²) in [6.45, 7) is 2.54. The number of aromatic nitrogens is 2. The van der Waals surface area contributed by atoms with Gasteiger partial charge in [0, 0.05) is 12.0 Å². The number of H-pyrrole nitrogens is 1. The summed E-state index contributed by atoms with van der Waals surface area (Å²) in [5.74, 6) is 1.58. The molecule has 4 rings (SSSR count). The number of nitrogens with zero attached hydrogens (tertiary/aromatic N) is 2. The molecule has 1 aromatic heterocycles. The van der Waals surface area contributed by atoms with Crippen molar-refractivity contribution in [3.63, 3.8) is 0 Å². The van der Waals surface area contributed by atoms with Crippen LogP contribution in [0.15, 0.2) is 54.2 Å². The minimum Gasteiger partial charge on any atom is -0.508 e. The molecule has 5 nitrogen and oxygen atoms in total. The summed E-state index contributed by atoms with van der Waals surface area (Å²) in [6, 6.07) is 5.16. The van der Waals surface area contributed by atoms with Gasteiger partial charge in [-0.15, -0.1) is 0 Å². The first kappa shape index (κ1) is 16.8. The Bertz CT molecular complexity index is 899. The number of imidazole rings is 1. The summed E-state index contributed by atoms with van der Waals surface area (Å²) in [6.07, 6.45) is 12.4. The van der Waals surface area contributed by atoms with Crippen molar-refractivity contribution in [2.75, 3.05) is 13.1 Å². The number of piperidine rings is 1. The Morgan fingerprint density at radius 1 is 1.23 bits per heavy atom. The van der Waals surface area contributed by atoms with Crippen LogP contribution in [0.5, 0.6) is 5.75 Å². The number of fused-ring (bicyclic) bond motifs is 1. The number of phenols is 1. The van der Waals surface area contributed by atoms with Gasteiger partial charge in [0.1, 0.15) is 11.6 Å². The average molecular weight is 349 g/mol. The summed E-state index contributed by atoms with van der Waals surface area (Å²) in [5.41, 5.74) is 2.64. The number of benzene rings is 1. The highest BCUT2D eigenvalue weighted by molar-refractivity contribution is 5.97. The van der Waals surface area contributed by atoms with Gasteiger partial charge in [-0.3, -0.25) is 9.69 Å². The van der Waals surface area contributed by atoms with Crippen LogP contribution in [0.2, 0.25) is 0 Å². The summed E-state index contributed by atoms with van der Waals surface area (Å²) in [5, 5.41) is 9.56. The Morgan fingerprint density at radius 2 is 2.08 bits per heavy atom. The third-order valence-electron chi connectivity index (χ3n) is 5.16. The Balaban J connectivity index is 1.35. The fraction of sp³-hybridized carbons (Fsp3) is 0.333. The fourth-order valence-corrected chi connectivity index (χ4v) is 3.71. The van der Waals surface area contributed by atoms with Crippen molar-refractivity contribution in [1.29, 1.82) is 0 Å². The predicted molar refractivity (Wildman–Crippen MR) is 102 cm³/mol. The standard InChI is InChI=1S/C21H23N3O2/c25-17-7-8-18-19(13-17)23-20(22-18)14-24-11-9-16(10-12-24)21(26)15-5-3-1-2-4-6-15/h1-5,7-8,13,16,25H,6,9-12,14H2,(H,22,23). The maximum atomic E-state index is 12.7. The molecule has 1 fully saturated rings. The van der Waals surface area contributed by atoms with Crippen molar-refractivity contribution in [2.45, 2.75) is 25.8 Å². The van der Waals surface area contributed by atoms with Crippen LogP contribution in [0.25, 0.3) is 11.0 Å². The van der Waals surface area contributed by atoms with Crippen LogP contribution in [0.1, 0.15) is 25.1 Å². The molecule has 0 radical (unpaired) electrons. The van der Waals surface area contributed by atoms with E-state index in [-0.39, 0.29) is 11.7 Å². The van der Waals surface area contributed by atoms with Gasteiger partial charge in [-0.2, -0.15) is 0 Å². The lowest BCUT2D eigenvalue weighted by molar-refractivity contribution is -0.120. The molecule has 2 aliphatic rings. The van der Waals surface area contributed by atoms with Crippen molar-refractivity contribution in [3.8, 4) is 5.75 Å². The Morgan fingerprint density at radius 3 is 2.92 bits per heavy atom. The lowest BCUT2D eigenvalue weighted by Crippen LogP contribution is -2.36. The van der Waals surface area contributed by atoms with Gasteiger partial charge in [-0.1, -0.05) is 30.4 Å². The average Bonchev–Trinajstić information content (AvgIpc) is 2.85. The van der Waals surface area contributed by atoms with Crippen molar-refractivity contribution < 1.29 is 9.90 Å². The summed E-state index contributed by atoms with van der Waals surface area (Å²) in [7, 11) is 0. The van der Waals surface area contributed by atoms with E-state index < -0.39 is 0 Å². The molecule has 0 unspecified atom stereocenters. The number of phenolic OH excluding ortho intramolecular Hbond substituents is 1. The van der Waals surface area contributed by atoms with Gasteiger partial charge in [-0.25, -0.2) is 4.98 Å². The Hall–Kier alpha value is -2.66. The molecule has 5 heteroatoms. The topological polar surface area (TPSA) is 69.2 Å². The van der Waals surface area contributed by atoms with E-state index in [1.54, 1.807) is 12.1 Å².